The lowest BCUT2D eigenvalue weighted by molar-refractivity contribution is 0.153. The molecule has 0 bridgehead atoms. The van der Waals surface area contributed by atoms with Crippen LogP contribution in [0.4, 0.5) is 8.78 Å². The van der Waals surface area contributed by atoms with Gasteiger partial charge in [0.25, 0.3) is 6.43 Å². The van der Waals surface area contributed by atoms with Gasteiger partial charge in [0.1, 0.15) is 17.1 Å². The van der Waals surface area contributed by atoms with Crippen LogP contribution in [-0.2, 0) is 6.54 Å². The third-order valence-corrected chi connectivity index (χ3v) is 3.87. The number of hydrogen-bond donors (Lipinski definition) is 1. The summed E-state index contributed by atoms with van der Waals surface area (Å²) in [6.45, 7) is 1.84. The Hall–Kier alpha value is -2.54. The Morgan fingerprint density at radius 2 is 1.92 bits per heavy atom. The third-order valence-electron chi connectivity index (χ3n) is 3.87. The van der Waals surface area contributed by atoms with Crippen molar-refractivity contribution in [3.8, 4) is 17.0 Å². The molecular formula is C17H17F2N3O2. The Balaban J connectivity index is 2.22. The van der Waals surface area contributed by atoms with Crippen molar-refractivity contribution in [3.05, 3.63) is 41.7 Å². The number of imidazole rings is 1. The van der Waals surface area contributed by atoms with Crippen molar-refractivity contribution in [1.82, 2.24) is 14.5 Å². The molecule has 0 aliphatic heterocycles. The maximum absolute atomic E-state index is 13.5. The average Bonchev–Trinajstić information content (AvgIpc) is 2.90. The van der Waals surface area contributed by atoms with Gasteiger partial charge in [-0.15, -0.1) is 0 Å². The number of aliphatic hydroxyl groups excluding tert-OH is 1. The van der Waals surface area contributed by atoms with Crippen molar-refractivity contribution in [2.75, 3.05) is 13.7 Å². The van der Waals surface area contributed by atoms with Crippen LogP contribution in [0.15, 0.2) is 30.3 Å². The van der Waals surface area contributed by atoms with E-state index in [1.54, 1.807) is 42.9 Å². The van der Waals surface area contributed by atoms with Crippen LogP contribution in [0.1, 0.15) is 17.8 Å². The molecule has 0 spiro atoms. The van der Waals surface area contributed by atoms with E-state index < -0.39 is 6.43 Å². The lowest BCUT2D eigenvalue weighted by atomic mass is 10.1. The highest BCUT2D eigenvalue weighted by molar-refractivity contribution is 5.80. The second kappa shape index (κ2) is 6.52. The molecule has 0 radical (unpaired) electrons. The summed E-state index contributed by atoms with van der Waals surface area (Å²) in [5, 5.41) is 9.21. The second-order valence-electron chi connectivity index (χ2n) is 5.33. The number of aryl methyl sites for hydroxylation is 1. The molecule has 2 aromatic heterocycles. The van der Waals surface area contributed by atoms with E-state index in [-0.39, 0.29) is 24.2 Å². The van der Waals surface area contributed by atoms with Crippen molar-refractivity contribution in [2.45, 2.75) is 19.9 Å². The number of alkyl halides is 2. The van der Waals surface area contributed by atoms with E-state index in [4.69, 9.17) is 4.74 Å². The van der Waals surface area contributed by atoms with Crippen LogP contribution >= 0.6 is 0 Å². The van der Waals surface area contributed by atoms with Crippen LogP contribution in [0.25, 0.3) is 22.4 Å². The van der Waals surface area contributed by atoms with Crippen LogP contribution in [0.2, 0.25) is 0 Å². The molecule has 0 amide bonds. The molecular weight excluding hydrogens is 316 g/mol. The van der Waals surface area contributed by atoms with Gasteiger partial charge in [0.05, 0.1) is 19.4 Å². The summed E-state index contributed by atoms with van der Waals surface area (Å²) in [4.78, 5) is 8.70. The summed E-state index contributed by atoms with van der Waals surface area (Å²) in [6, 6.07) is 8.40. The number of halogens is 2. The number of pyridine rings is 1. The first-order valence-corrected chi connectivity index (χ1v) is 7.46. The Labute approximate surface area is 137 Å². The quantitative estimate of drug-likeness (QED) is 0.778. The molecule has 1 aromatic carbocycles. The zero-order valence-corrected chi connectivity index (χ0v) is 13.3. The van der Waals surface area contributed by atoms with Gasteiger partial charge >= 0.3 is 0 Å². The number of aliphatic hydroxyl groups is 1. The van der Waals surface area contributed by atoms with Gasteiger partial charge in [-0.2, -0.15) is 0 Å². The summed E-state index contributed by atoms with van der Waals surface area (Å²) in [5.74, 6) is 1.22. The average molecular weight is 333 g/mol. The maximum atomic E-state index is 13.5. The molecule has 3 rings (SSSR count). The highest BCUT2D eigenvalue weighted by atomic mass is 19.3. The molecule has 0 fully saturated rings. The summed E-state index contributed by atoms with van der Waals surface area (Å²) >= 11 is 0. The summed E-state index contributed by atoms with van der Waals surface area (Å²) < 4.78 is 33.7. The molecule has 5 nitrogen and oxygen atoms in total. The number of hydrogen-bond acceptors (Lipinski definition) is 4. The van der Waals surface area contributed by atoms with Crippen LogP contribution < -0.4 is 4.74 Å². The molecule has 126 valence electrons. The van der Waals surface area contributed by atoms with Crippen LogP contribution in [0, 0.1) is 6.92 Å². The van der Waals surface area contributed by atoms with Crippen molar-refractivity contribution in [3.63, 3.8) is 0 Å². The summed E-state index contributed by atoms with van der Waals surface area (Å²) in [6.07, 6.45) is -2.66. The fourth-order valence-electron chi connectivity index (χ4n) is 2.67. The van der Waals surface area contributed by atoms with E-state index in [0.717, 1.165) is 0 Å². The molecule has 0 saturated heterocycles. The topological polar surface area (TPSA) is 60.2 Å². The Morgan fingerprint density at radius 1 is 1.21 bits per heavy atom. The van der Waals surface area contributed by atoms with Crippen molar-refractivity contribution >= 4 is 11.2 Å². The zero-order valence-electron chi connectivity index (χ0n) is 13.3. The Morgan fingerprint density at radius 3 is 2.50 bits per heavy atom. The van der Waals surface area contributed by atoms with Crippen LogP contribution in [0.5, 0.6) is 5.75 Å². The smallest absolute Gasteiger partial charge is 0.266 e. The van der Waals surface area contributed by atoms with Gasteiger partial charge in [0.15, 0.2) is 5.65 Å². The molecule has 0 atom stereocenters. The standard InChI is InChI=1S/C17H17F2N3O2/c1-10-20-15-13(16(18)19)9-14(21-17(15)22(10)7-8-23)11-3-5-12(24-2)6-4-11/h3-6,9,16,23H,7-8H2,1-2H3. The van der Waals surface area contributed by atoms with Crippen molar-refractivity contribution < 1.29 is 18.6 Å². The van der Waals surface area contributed by atoms with Crippen molar-refractivity contribution in [2.24, 2.45) is 0 Å². The first kappa shape index (κ1) is 16.3. The molecule has 0 aliphatic rings. The molecule has 2 heterocycles. The zero-order chi connectivity index (χ0) is 17.3. The van der Waals surface area contributed by atoms with E-state index in [9.17, 15) is 13.9 Å². The second-order valence-corrected chi connectivity index (χ2v) is 5.33. The highest BCUT2D eigenvalue weighted by Gasteiger charge is 2.20. The van der Waals surface area contributed by atoms with E-state index in [2.05, 4.69) is 9.97 Å². The third kappa shape index (κ3) is 2.82. The first-order chi connectivity index (χ1) is 11.5. The Bertz CT molecular complexity index is 860. The predicted octanol–water partition coefficient (Wildman–Crippen LogP) is 3.35. The van der Waals surface area contributed by atoms with Gasteiger partial charge in [-0.3, -0.25) is 0 Å². The van der Waals surface area contributed by atoms with E-state index in [0.29, 0.717) is 28.5 Å². The summed E-state index contributed by atoms with van der Waals surface area (Å²) in [5.41, 5.74) is 1.50. The minimum Gasteiger partial charge on any atom is -0.497 e. The van der Waals surface area contributed by atoms with Gasteiger partial charge in [-0.05, 0) is 37.3 Å². The predicted molar refractivity (Wildman–Crippen MR) is 86.3 cm³/mol. The molecule has 3 aromatic rings. The fourth-order valence-corrected chi connectivity index (χ4v) is 2.67. The first-order valence-electron chi connectivity index (χ1n) is 7.46. The van der Waals surface area contributed by atoms with Gasteiger partial charge in [0, 0.05) is 17.7 Å². The lowest BCUT2D eigenvalue weighted by Gasteiger charge is -2.09. The van der Waals surface area contributed by atoms with Gasteiger partial charge in [0.2, 0.25) is 0 Å². The molecule has 0 saturated carbocycles. The lowest BCUT2D eigenvalue weighted by Crippen LogP contribution is -2.05. The number of benzene rings is 1. The number of aromatic nitrogens is 3. The molecule has 1 N–H and O–H groups in total. The molecule has 0 aliphatic carbocycles. The fraction of sp³-hybridized carbons (Fsp3) is 0.294. The van der Waals surface area contributed by atoms with Crippen LogP contribution in [0.3, 0.4) is 0 Å². The van der Waals surface area contributed by atoms with E-state index in [1.807, 2.05) is 0 Å². The largest absolute Gasteiger partial charge is 0.497 e. The number of fused-ring (bicyclic) bond motifs is 1. The van der Waals surface area contributed by atoms with Gasteiger partial charge in [-0.1, -0.05) is 0 Å². The van der Waals surface area contributed by atoms with E-state index in [1.165, 1.54) is 6.07 Å². The van der Waals surface area contributed by atoms with Crippen LogP contribution in [-0.4, -0.2) is 33.4 Å². The number of ether oxygens (including phenoxy) is 1. The molecule has 24 heavy (non-hydrogen) atoms. The van der Waals surface area contributed by atoms with E-state index >= 15 is 0 Å². The monoisotopic (exact) mass is 333 g/mol. The maximum Gasteiger partial charge on any atom is 0.266 e. The molecule has 7 heteroatoms. The molecule has 0 unspecified atom stereocenters. The summed E-state index contributed by atoms with van der Waals surface area (Å²) in [7, 11) is 1.56. The number of nitrogens with zero attached hydrogens (tertiary/aromatic N) is 3. The number of methoxy groups -OCH3 is 1. The number of rotatable bonds is 5. The van der Waals surface area contributed by atoms with Gasteiger partial charge in [-0.25, -0.2) is 18.7 Å². The van der Waals surface area contributed by atoms with Crippen molar-refractivity contribution in [1.29, 1.82) is 0 Å². The normalized spacial score (nSPS) is 11.4. The SMILES string of the molecule is COc1ccc(-c2cc(C(F)F)c3nc(C)n(CCO)c3n2)cc1. The Kier molecular flexibility index (Phi) is 4.44. The minimum atomic E-state index is -2.66. The minimum absolute atomic E-state index is 0.120. The highest BCUT2D eigenvalue weighted by Crippen LogP contribution is 2.31. The van der Waals surface area contributed by atoms with Gasteiger partial charge < -0.3 is 14.4 Å².